The molecule has 0 aliphatic heterocycles. The second-order valence-electron chi connectivity index (χ2n) is 6.04. The zero-order valence-electron chi connectivity index (χ0n) is 14.6. The molecule has 1 atom stereocenters. The molecule has 0 aliphatic rings. The van der Waals surface area contributed by atoms with Gasteiger partial charge in [-0.05, 0) is 30.7 Å². The van der Waals surface area contributed by atoms with Crippen LogP contribution in [0.1, 0.15) is 21.7 Å². The number of aryl methyl sites for hydroxylation is 1. The van der Waals surface area contributed by atoms with E-state index in [9.17, 15) is 14.0 Å². The van der Waals surface area contributed by atoms with Crippen molar-refractivity contribution in [3.8, 4) is 0 Å². The van der Waals surface area contributed by atoms with Gasteiger partial charge in [0.1, 0.15) is 17.6 Å². The van der Waals surface area contributed by atoms with Gasteiger partial charge in [0.15, 0.2) is 5.82 Å². The summed E-state index contributed by atoms with van der Waals surface area (Å²) in [4.78, 5) is 25.1. The van der Waals surface area contributed by atoms with Crippen LogP contribution < -0.4 is 10.6 Å². The van der Waals surface area contributed by atoms with E-state index in [0.29, 0.717) is 5.76 Å². The average Bonchev–Trinajstić information content (AvgIpc) is 3.06. The third-order valence-corrected chi connectivity index (χ3v) is 3.87. The Balaban J connectivity index is 1.78. The maximum Gasteiger partial charge on any atom is 0.252 e. The van der Waals surface area contributed by atoms with E-state index in [2.05, 4.69) is 15.8 Å². The molecule has 1 aromatic heterocycles. The number of nitrogens with one attached hydrogen (secondary N) is 2. The number of halogens is 1. The first-order chi connectivity index (χ1) is 13.0. The van der Waals surface area contributed by atoms with Crippen molar-refractivity contribution in [2.75, 3.05) is 5.32 Å². The van der Waals surface area contributed by atoms with Crippen molar-refractivity contribution in [3.63, 3.8) is 0 Å². The molecule has 0 fully saturated rings. The molecule has 0 bridgehead atoms. The lowest BCUT2D eigenvalue weighted by Crippen LogP contribution is -2.45. The lowest BCUT2D eigenvalue weighted by Gasteiger charge is -2.18. The van der Waals surface area contributed by atoms with Gasteiger partial charge in [-0.3, -0.25) is 9.59 Å². The highest BCUT2D eigenvalue weighted by atomic mass is 19.1. The molecule has 2 aromatic carbocycles. The largest absolute Gasteiger partial charge is 0.360 e. The SMILES string of the molecule is Cc1cc(NC(=O)C(Cc2ccccc2)NC(=O)c2cccc(F)c2)no1. The molecular formula is C20H18FN3O3. The Hall–Kier alpha value is -3.48. The monoisotopic (exact) mass is 367 g/mol. The molecule has 3 rings (SSSR count). The molecule has 0 aliphatic carbocycles. The number of carbonyl (C=O) groups excluding carboxylic acids is 2. The summed E-state index contributed by atoms with van der Waals surface area (Å²) in [5.41, 5.74) is 1.01. The summed E-state index contributed by atoms with van der Waals surface area (Å²) in [6, 6.07) is 15.3. The third kappa shape index (κ3) is 5.01. The number of benzene rings is 2. The van der Waals surface area contributed by atoms with Crippen molar-refractivity contribution in [2.45, 2.75) is 19.4 Å². The van der Waals surface area contributed by atoms with Crippen molar-refractivity contribution in [1.82, 2.24) is 10.5 Å². The number of rotatable bonds is 6. The maximum atomic E-state index is 13.4. The Morgan fingerprint density at radius 1 is 1.11 bits per heavy atom. The summed E-state index contributed by atoms with van der Waals surface area (Å²) in [7, 11) is 0. The van der Waals surface area contributed by atoms with Gasteiger partial charge in [-0.1, -0.05) is 41.6 Å². The van der Waals surface area contributed by atoms with Crippen LogP contribution in [0.3, 0.4) is 0 Å². The van der Waals surface area contributed by atoms with Crippen LogP contribution in [0.4, 0.5) is 10.2 Å². The maximum absolute atomic E-state index is 13.4. The summed E-state index contributed by atoms with van der Waals surface area (Å²) in [6.07, 6.45) is 0.268. The molecule has 6 nitrogen and oxygen atoms in total. The summed E-state index contributed by atoms with van der Waals surface area (Å²) in [5, 5.41) is 9.00. The molecule has 27 heavy (non-hydrogen) atoms. The first kappa shape index (κ1) is 18.3. The average molecular weight is 367 g/mol. The molecule has 0 spiro atoms. The van der Waals surface area contributed by atoms with Gasteiger partial charge in [-0.2, -0.15) is 0 Å². The van der Waals surface area contributed by atoms with Gasteiger partial charge < -0.3 is 15.2 Å². The summed E-state index contributed by atoms with van der Waals surface area (Å²) < 4.78 is 18.3. The molecule has 0 radical (unpaired) electrons. The Bertz CT molecular complexity index is 940. The van der Waals surface area contributed by atoms with Gasteiger partial charge in [-0.15, -0.1) is 0 Å². The smallest absolute Gasteiger partial charge is 0.252 e. The van der Waals surface area contributed by atoms with E-state index in [-0.39, 0.29) is 17.8 Å². The Labute approximate surface area is 155 Å². The zero-order chi connectivity index (χ0) is 19.2. The van der Waals surface area contributed by atoms with E-state index >= 15 is 0 Å². The first-order valence-electron chi connectivity index (χ1n) is 8.36. The van der Waals surface area contributed by atoms with Gasteiger partial charge in [0.25, 0.3) is 5.91 Å². The highest BCUT2D eigenvalue weighted by Crippen LogP contribution is 2.11. The first-order valence-corrected chi connectivity index (χ1v) is 8.36. The molecule has 7 heteroatoms. The molecule has 2 N–H and O–H groups in total. The summed E-state index contributed by atoms with van der Waals surface area (Å²) in [6.45, 7) is 1.70. The minimum atomic E-state index is -0.875. The van der Waals surface area contributed by atoms with E-state index in [4.69, 9.17) is 4.52 Å². The normalized spacial score (nSPS) is 11.6. The van der Waals surface area contributed by atoms with Gasteiger partial charge in [0.05, 0.1) is 0 Å². The minimum absolute atomic E-state index is 0.137. The van der Waals surface area contributed by atoms with Crippen LogP contribution in [0.2, 0.25) is 0 Å². The lowest BCUT2D eigenvalue weighted by molar-refractivity contribution is -0.118. The van der Waals surface area contributed by atoms with Gasteiger partial charge in [0.2, 0.25) is 5.91 Å². The quantitative estimate of drug-likeness (QED) is 0.701. The molecule has 1 unspecified atom stereocenters. The number of amides is 2. The second kappa shape index (κ2) is 8.27. The van der Waals surface area contributed by atoms with Crippen molar-refractivity contribution < 1.29 is 18.5 Å². The Morgan fingerprint density at radius 2 is 1.89 bits per heavy atom. The predicted octanol–water partition coefficient (Wildman–Crippen LogP) is 3.10. The van der Waals surface area contributed by atoms with Crippen LogP contribution in [-0.2, 0) is 11.2 Å². The molecule has 138 valence electrons. The third-order valence-electron chi connectivity index (χ3n) is 3.87. The number of anilines is 1. The van der Waals surface area contributed by atoms with Crippen molar-refractivity contribution >= 4 is 17.6 Å². The molecule has 0 saturated heterocycles. The fourth-order valence-corrected chi connectivity index (χ4v) is 2.57. The van der Waals surface area contributed by atoms with Gasteiger partial charge in [-0.25, -0.2) is 4.39 Å². The summed E-state index contributed by atoms with van der Waals surface area (Å²) in [5.74, 6) is -0.701. The van der Waals surface area contributed by atoms with E-state index in [1.54, 1.807) is 13.0 Å². The minimum Gasteiger partial charge on any atom is -0.360 e. The molecule has 0 saturated carbocycles. The Morgan fingerprint density at radius 3 is 2.56 bits per heavy atom. The van der Waals surface area contributed by atoms with Crippen LogP contribution >= 0.6 is 0 Å². The van der Waals surface area contributed by atoms with Gasteiger partial charge >= 0.3 is 0 Å². The lowest BCUT2D eigenvalue weighted by atomic mass is 10.0. The van der Waals surface area contributed by atoms with E-state index in [0.717, 1.165) is 11.6 Å². The van der Waals surface area contributed by atoms with Crippen molar-refractivity contribution in [3.05, 3.63) is 83.4 Å². The van der Waals surface area contributed by atoms with Gasteiger partial charge in [0, 0.05) is 18.1 Å². The number of hydrogen-bond acceptors (Lipinski definition) is 4. The topological polar surface area (TPSA) is 84.2 Å². The molecular weight excluding hydrogens is 349 g/mol. The number of aromatic nitrogens is 1. The van der Waals surface area contributed by atoms with E-state index < -0.39 is 23.7 Å². The zero-order valence-corrected chi connectivity index (χ0v) is 14.6. The van der Waals surface area contributed by atoms with Crippen LogP contribution in [-0.4, -0.2) is 23.0 Å². The Kier molecular flexibility index (Phi) is 5.61. The van der Waals surface area contributed by atoms with Crippen LogP contribution in [0, 0.1) is 12.7 Å². The molecule has 3 aromatic rings. The predicted molar refractivity (Wildman–Crippen MR) is 97.7 cm³/mol. The van der Waals surface area contributed by atoms with Crippen LogP contribution in [0.5, 0.6) is 0 Å². The summed E-state index contributed by atoms with van der Waals surface area (Å²) >= 11 is 0. The fraction of sp³-hybridized carbons (Fsp3) is 0.150. The van der Waals surface area contributed by atoms with Crippen LogP contribution in [0.15, 0.2) is 65.2 Å². The number of nitrogens with zero attached hydrogens (tertiary/aromatic N) is 1. The highest BCUT2D eigenvalue weighted by Gasteiger charge is 2.23. The van der Waals surface area contributed by atoms with E-state index in [1.165, 1.54) is 18.2 Å². The van der Waals surface area contributed by atoms with Crippen molar-refractivity contribution in [2.24, 2.45) is 0 Å². The van der Waals surface area contributed by atoms with Crippen LogP contribution in [0.25, 0.3) is 0 Å². The fourth-order valence-electron chi connectivity index (χ4n) is 2.57. The van der Waals surface area contributed by atoms with Crippen molar-refractivity contribution in [1.29, 1.82) is 0 Å². The van der Waals surface area contributed by atoms with E-state index in [1.807, 2.05) is 30.3 Å². The highest BCUT2D eigenvalue weighted by molar-refractivity contribution is 6.01. The molecule has 1 heterocycles. The number of carbonyl (C=O) groups is 2. The number of hydrogen-bond donors (Lipinski definition) is 2. The second-order valence-corrected chi connectivity index (χ2v) is 6.04. The standard InChI is InChI=1S/C20H18FN3O3/c1-13-10-18(24-27-13)23-20(26)17(11-14-6-3-2-4-7-14)22-19(25)15-8-5-9-16(21)12-15/h2-10,12,17H,11H2,1H3,(H,22,25)(H,23,24,26). The molecule has 2 amide bonds.